The van der Waals surface area contributed by atoms with E-state index in [2.05, 4.69) is 43.6 Å². The van der Waals surface area contributed by atoms with Crippen molar-refractivity contribution in [3.05, 3.63) is 35.4 Å². The van der Waals surface area contributed by atoms with Crippen molar-refractivity contribution in [3.63, 3.8) is 0 Å². The molecule has 1 aromatic carbocycles. The molecule has 1 fully saturated rings. The number of benzene rings is 1. The van der Waals surface area contributed by atoms with E-state index in [0.29, 0.717) is 6.04 Å². The average Bonchev–Trinajstić information content (AvgIpc) is 2.78. The summed E-state index contributed by atoms with van der Waals surface area (Å²) < 4.78 is 0. The summed E-state index contributed by atoms with van der Waals surface area (Å²) in [5, 5.41) is 3.47. The van der Waals surface area contributed by atoms with Crippen LogP contribution < -0.4 is 5.32 Å². The van der Waals surface area contributed by atoms with Crippen LogP contribution in [0.2, 0.25) is 0 Å². The summed E-state index contributed by atoms with van der Waals surface area (Å²) in [5.41, 5.74) is 2.82. The lowest BCUT2D eigenvalue weighted by Gasteiger charge is -2.20. The predicted octanol–water partition coefficient (Wildman–Crippen LogP) is 3.84. The van der Waals surface area contributed by atoms with Gasteiger partial charge in [0.1, 0.15) is 0 Å². The van der Waals surface area contributed by atoms with Crippen molar-refractivity contribution >= 4 is 0 Å². The molecule has 0 amide bonds. The second kappa shape index (κ2) is 5.49. The molecular weight excluding hydrogens is 194 g/mol. The van der Waals surface area contributed by atoms with E-state index in [1.54, 1.807) is 0 Å². The molecule has 1 nitrogen and oxygen atoms in total. The summed E-state index contributed by atoms with van der Waals surface area (Å²) in [7, 11) is 2.09. The van der Waals surface area contributed by atoms with Crippen molar-refractivity contribution in [3.8, 4) is 0 Å². The molecule has 1 heteroatoms. The lowest BCUT2D eigenvalue weighted by molar-refractivity contribution is 0.413. The van der Waals surface area contributed by atoms with Crippen LogP contribution in [0.5, 0.6) is 0 Å². The van der Waals surface area contributed by atoms with Crippen molar-refractivity contribution in [1.29, 1.82) is 0 Å². The minimum Gasteiger partial charge on any atom is -0.313 e. The minimum atomic E-state index is 0.544. The topological polar surface area (TPSA) is 12.0 Å². The Bertz CT molecular complexity index is 326. The Hall–Kier alpha value is -0.820. The highest BCUT2D eigenvalue weighted by molar-refractivity contribution is 5.25. The normalized spacial score (nSPS) is 18.9. The fourth-order valence-corrected chi connectivity index (χ4v) is 2.89. The van der Waals surface area contributed by atoms with Gasteiger partial charge in [0.25, 0.3) is 0 Å². The minimum absolute atomic E-state index is 0.544. The monoisotopic (exact) mass is 217 g/mol. The number of hydrogen-bond donors (Lipinski definition) is 1. The van der Waals surface area contributed by atoms with E-state index < -0.39 is 0 Å². The van der Waals surface area contributed by atoms with Gasteiger partial charge < -0.3 is 5.32 Å². The molecule has 16 heavy (non-hydrogen) atoms. The van der Waals surface area contributed by atoms with Gasteiger partial charge in [0.2, 0.25) is 0 Å². The number of aryl methyl sites for hydroxylation is 1. The maximum Gasteiger partial charge on any atom is 0.0320 e. The van der Waals surface area contributed by atoms with Crippen molar-refractivity contribution < 1.29 is 0 Å². The van der Waals surface area contributed by atoms with E-state index in [-0.39, 0.29) is 0 Å². The van der Waals surface area contributed by atoms with Crippen LogP contribution in [0.3, 0.4) is 0 Å². The zero-order valence-corrected chi connectivity index (χ0v) is 10.5. The second-order valence-corrected chi connectivity index (χ2v) is 5.14. The summed E-state index contributed by atoms with van der Waals surface area (Å²) in [5.74, 6) is 0.943. The van der Waals surface area contributed by atoms with Crippen LogP contribution in [-0.4, -0.2) is 7.05 Å². The summed E-state index contributed by atoms with van der Waals surface area (Å²) in [6.45, 7) is 2.17. The summed E-state index contributed by atoms with van der Waals surface area (Å²) >= 11 is 0. The van der Waals surface area contributed by atoms with Crippen LogP contribution in [0, 0.1) is 12.8 Å². The Kier molecular flexibility index (Phi) is 4.00. The molecule has 0 heterocycles. The first-order valence-electron chi connectivity index (χ1n) is 6.53. The molecule has 1 aliphatic rings. The number of rotatable bonds is 4. The molecule has 0 aliphatic heterocycles. The van der Waals surface area contributed by atoms with Crippen LogP contribution in [0.1, 0.15) is 49.3 Å². The van der Waals surface area contributed by atoms with Crippen LogP contribution in [0.4, 0.5) is 0 Å². The number of nitrogens with one attached hydrogen (secondary N) is 1. The van der Waals surface area contributed by atoms with Gasteiger partial charge in [-0.2, -0.15) is 0 Å². The SMILES string of the molecule is CNC(CC1CCCC1)c1cccc(C)c1. The molecule has 1 saturated carbocycles. The Morgan fingerprint density at radius 1 is 1.31 bits per heavy atom. The average molecular weight is 217 g/mol. The first kappa shape index (κ1) is 11.7. The maximum absolute atomic E-state index is 3.47. The van der Waals surface area contributed by atoms with Gasteiger partial charge in [0, 0.05) is 6.04 Å². The molecule has 88 valence electrons. The standard InChI is InChI=1S/C15H23N/c1-12-6-5-9-14(10-12)15(16-2)11-13-7-3-4-8-13/h5-6,9-10,13,15-16H,3-4,7-8,11H2,1-2H3. The second-order valence-electron chi connectivity index (χ2n) is 5.14. The van der Waals surface area contributed by atoms with Crippen LogP contribution in [-0.2, 0) is 0 Å². The lowest BCUT2D eigenvalue weighted by atomic mass is 9.93. The molecule has 1 aromatic rings. The van der Waals surface area contributed by atoms with Crippen molar-refractivity contribution in [1.82, 2.24) is 5.32 Å². The van der Waals surface area contributed by atoms with Crippen LogP contribution in [0.15, 0.2) is 24.3 Å². The van der Waals surface area contributed by atoms with E-state index in [1.165, 1.54) is 43.2 Å². The zero-order chi connectivity index (χ0) is 11.4. The third kappa shape index (κ3) is 2.85. The Labute approximate surface area is 99.3 Å². The van der Waals surface area contributed by atoms with Gasteiger partial charge in [-0.05, 0) is 31.9 Å². The molecule has 0 bridgehead atoms. The van der Waals surface area contributed by atoms with E-state index in [9.17, 15) is 0 Å². The molecule has 1 atom stereocenters. The fourth-order valence-electron chi connectivity index (χ4n) is 2.89. The lowest BCUT2D eigenvalue weighted by Crippen LogP contribution is -2.19. The van der Waals surface area contributed by atoms with Crippen molar-refractivity contribution in [2.45, 2.75) is 45.1 Å². The first-order valence-corrected chi connectivity index (χ1v) is 6.53. The predicted molar refractivity (Wildman–Crippen MR) is 69.6 cm³/mol. The number of hydrogen-bond acceptors (Lipinski definition) is 1. The molecule has 1 aliphatic carbocycles. The smallest absolute Gasteiger partial charge is 0.0320 e. The molecule has 0 radical (unpaired) electrons. The highest BCUT2D eigenvalue weighted by Crippen LogP contribution is 2.32. The quantitative estimate of drug-likeness (QED) is 0.808. The first-order chi connectivity index (χ1) is 7.79. The van der Waals surface area contributed by atoms with E-state index in [4.69, 9.17) is 0 Å². The summed E-state index contributed by atoms with van der Waals surface area (Å²) in [6.07, 6.45) is 7.05. The third-order valence-corrected chi connectivity index (χ3v) is 3.84. The van der Waals surface area contributed by atoms with Crippen molar-refractivity contribution in [2.24, 2.45) is 5.92 Å². The molecule has 1 unspecified atom stereocenters. The molecule has 2 rings (SSSR count). The van der Waals surface area contributed by atoms with Gasteiger partial charge in [-0.1, -0.05) is 55.5 Å². The molecule has 0 aromatic heterocycles. The Morgan fingerprint density at radius 3 is 2.69 bits per heavy atom. The van der Waals surface area contributed by atoms with Crippen LogP contribution in [0.25, 0.3) is 0 Å². The van der Waals surface area contributed by atoms with Crippen LogP contribution >= 0.6 is 0 Å². The highest BCUT2D eigenvalue weighted by atomic mass is 14.9. The summed E-state index contributed by atoms with van der Waals surface area (Å²) in [4.78, 5) is 0. The molecule has 0 saturated heterocycles. The Balaban J connectivity index is 2.03. The van der Waals surface area contributed by atoms with Crippen molar-refractivity contribution in [2.75, 3.05) is 7.05 Å². The van der Waals surface area contributed by atoms with Gasteiger partial charge >= 0.3 is 0 Å². The van der Waals surface area contributed by atoms with E-state index in [0.717, 1.165) is 5.92 Å². The molecule has 1 N–H and O–H groups in total. The summed E-state index contributed by atoms with van der Waals surface area (Å²) in [6, 6.07) is 9.46. The van der Waals surface area contributed by atoms with Gasteiger partial charge in [-0.15, -0.1) is 0 Å². The molecular formula is C15H23N. The Morgan fingerprint density at radius 2 is 2.06 bits per heavy atom. The van der Waals surface area contributed by atoms with E-state index >= 15 is 0 Å². The largest absolute Gasteiger partial charge is 0.313 e. The zero-order valence-electron chi connectivity index (χ0n) is 10.5. The fraction of sp³-hybridized carbons (Fsp3) is 0.600. The van der Waals surface area contributed by atoms with Gasteiger partial charge in [0.15, 0.2) is 0 Å². The van der Waals surface area contributed by atoms with Gasteiger partial charge in [-0.25, -0.2) is 0 Å². The van der Waals surface area contributed by atoms with Gasteiger partial charge in [-0.3, -0.25) is 0 Å². The maximum atomic E-state index is 3.47. The van der Waals surface area contributed by atoms with E-state index in [1.807, 2.05) is 0 Å². The van der Waals surface area contributed by atoms with Gasteiger partial charge in [0.05, 0.1) is 0 Å². The third-order valence-electron chi connectivity index (χ3n) is 3.84. The molecule has 0 spiro atoms. The highest BCUT2D eigenvalue weighted by Gasteiger charge is 2.20.